The fourth-order valence-corrected chi connectivity index (χ4v) is 3.59. The van der Waals surface area contributed by atoms with E-state index in [1.807, 2.05) is 6.92 Å². The first-order valence-corrected chi connectivity index (χ1v) is 7.99. The second-order valence-electron chi connectivity index (χ2n) is 4.45. The van der Waals surface area contributed by atoms with Gasteiger partial charge in [0.2, 0.25) is 10.0 Å². The summed E-state index contributed by atoms with van der Waals surface area (Å²) in [5.74, 6) is 0.208. The lowest BCUT2D eigenvalue weighted by Gasteiger charge is -2.31. The molecule has 0 aliphatic carbocycles. The molecule has 1 aliphatic heterocycles. The van der Waals surface area contributed by atoms with Crippen LogP contribution in [0.2, 0.25) is 0 Å². The summed E-state index contributed by atoms with van der Waals surface area (Å²) in [6, 6.07) is 0.0640. The predicted molar refractivity (Wildman–Crippen MR) is 73.5 cm³/mol. The van der Waals surface area contributed by atoms with Crippen molar-refractivity contribution in [2.45, 2.75) is 32.2 Å². The summed E-state index contributed by atoms with van der Waals surface area (Å²) in [4.78, 5) is 2.66. The second-order valence-corrected chi connectivity index (χ2v) is 6.85. The maximum atomic E-state index is 11.6. The maximum absolute atomic E-state index is 11.6. The van der Waals surface area contributed by atoms with E-state index in [0.29, 0.717) is 18.0 Å². The second kappa shape index (κ2) is 6.63. The number of hydrogen-bond donors (Lipinski definition) is 2. The highest BCUT2D eigenvalue weighted by Crippen LogP contribution is 2.11. The minimum Gasteiger partial charge on any atom is -0.392 e. The molecule has 0 bridgehead atoms. The minimum atomic E-state index is -3.09. The molecule has 0 aromatic rings. The molecule has 1 saturated heterocycles. The van der Waals surface area contributed by atoms with Gasteiger partial charge >= 0.3 is 0 Å². The Kier molecular flexibility index (Phi) is 5.78. The zero-order chi connectivity index (χ0) is 12.9. The smallest absolute Gasteiger partial charge is 0.211 e. The molecule has 0 unspecified atom stereocenters. The highest BCUT2D eigenvalue weighted by atomic mass is 32.2. The van der Waals surface area contributed by atoms with Crippen molar-refractivity contribution in [3.05, 3.63) is 0 Å². The van der Waals surface area contributed by atoms with E-state index >= 15 is 0 Å². The third-order valence-electron chi connectivity index (χ3n) is 2.79. The molecule has 0 aromatic heterocycles. The standard InChI is InChI=1S/C10H21N3O2S2/c1-2-7-17(14,15)12-9-3-5-13(6-4-9)8-10(11)16/h9,12H,2-8H2,1H3,(H2,11,16). The van der Waals surface area contributed by atoms with Gasteiger partial charge < -0.3 is 5.73 Å². The first kappa shape index (κ1) is 14.8. The molecule has 0 amide bonds. The first-order valence-electron chi connectivity index (χ1n) is 5.93. The quantitative estimate of drug-likeness (QED) is 0.673. The van der Waals surface area contributed by atoms with Crippen molar-refractivity contribution in [2.24, 2.45) is 5.73 Å². The van der Waals surface area contributed by atoms with Gasteiger partial charge in [-0.05, 0) is 19.3 Å². The van der Waals surface area contributed by atoms with Gasteiger partial charge in [0.1, 0.15) is 0 Å². The molecular formula is C10H21N3O2S2. The van der Waals surface area contributed by atoms with Gasteiger partial charge in [0, 0.05) is 25.7 Å². The number of piperidine rings is 1. The fraction of sp³-hybridized carbons (Fsp3) is 0.900. The Morgan fingerprint density at radius 2 is 2.06 bits per heavy atom. The predicted octanol–water partition coefficient (Wildman–Crippen LogP) is 0.0663. The summed E-state index contributed by atoms with van der Waals surface area (Å²) in [5, 5.41) is 0. The van der Waals surface area contributed by atoms with Crippen LogP contribution in [0, 0.1) is 0 Å². The van der Waals surface area contributed by atoms with Crippen LogP contribution in [-0.2, 0) is 10.0 Å². The Labute approximate surface area is 109 Å². The molecular weight excluding hydrogens is 258 g/mol. The van der Waals surface area contributed by atoms with Crippen LogP contribution in [-0.4, -0.2) is 49.7 Å². The van der Waals surface area contributed by atoms with Crippen LogP contribution in [0.1, 0.15) is 26.2 Å². The Morgan fingerprint density at radius 1 is 1.47 bits per heavy atom. The van der Waals surface area contributed by atoms with Crippen LogP contribution in [0.3, 0.4) is 0 Å². The van der Waals surface area contributed by atoms with Gasteiger partial charge in [0.15, 0.2) is 0 Å². The van der Waals surface area contributed by atoms with Crippen molar-refractivity contribution >= 4 is 27.2 Å². The lowest BCUT2D eigenvalue weighted by atomic mass is 10.1. The molecule has 0 radical (unpaired) electrons. The molecule has 0 saturated carbocycles. The van der Waals surface area contributed by atoms with Crippen LogP contribution in [0.15, 0.2) is 0 Å². The fourth-order valence-electron chi connectivity index (χ4n) is 2.01. The maximum Gasteiger partial charge on any atom is 0.211 e. The van der Waals surface area contributed by atoms with Gasteiger partial charge in [-0.25, -0.2) is 13.1 Å². The van der Waals surface area contributed by atoms with Gasteiger partial charge in [0.05, 0.1) is 10.7 Å². The molecule has 100 valence electrons. The highest BCUT2D eigenvalue weighted by Gasteiger charge is 2.22. The summed E-state index contributed by atoms with van der Waals surface area (Å²) >= 11 is 4.85. The van der Waals surface area contributed by atoms with E-state index in [1.165, 1.54) is 0 Å². The minimum absolute atomic E-state index is 0.0640. The molecule has 3 N–H and O–H groups in total. The molecule has 0 spiro atoms. The zero-order valence-electron chi connectivity index (χ0n) is 10.2. The lowest BCUT2D eigenvalue weighted by Crippen LogP contribution is -2.46. The van der Waals surface area contributed by atoms with Crippen molar-refractivity contribution in [2.75, 3.05) is 25.4 Å². The van der Waals surface area contributed by atoms with Gasteiger partial charge in [0.25, 0.3) is 0 Å². The van der Waals surface area contributed by atoms with Gasteiger partial charge in [-0.3, -0.25) is 4.90 Å². The number of sulfonamides is 1. The molecule has 1 heterocycles. The van der Waals surface area contributed by atoms with Crippen molar-refractivity contribution in [3.8, 4) is 0 Å². The molecule has 0 atom stereocenters. The Bertz CT molecular complexity index is 349. The van der Waals surface area contributed by atoms with Crippen LogP contribution in [0.4, 0.5) is 0 Å². The van der Waals surface area contributed by atoms with Crippen molar-refractivity contribution in [1.82, 2.24) is 9.62 Å². The monoisotopic (exact) mass is 279 g/mol. The van der Waals surface area contributed by atoms with E-state index in [-0.39, 0.29) is 11.8 Å². The molecule has 1 aliphatic rings. The van der Waals surface area contributed by atoms with Gasteiger partial charge in [-0.15, -0.1) is 0 Å². The third-order valence-corrected chi connectivity index (χ3v) is 4.55. The number of hydrogen-bond acceptors (Lipinski definition) is 4. The average molecular weight is 279 g/mol. The van der Waals surface area contributed by atoms with Crippen molar-refractivity contribution < 1.29 is 8.42 Å². The lowest BCUT2D eigenvalue weighted by molar-refractivity contribution is 0.233. The van der Waals surface area contributed by atoms with E-state index in [9.17, 15) is 8.42 Å². The number of nitrogens with one attached hydrogen (secondary N) is 1. The normalized spacial score (nSPS) is 19.4. The summed E-state index contributed by atoms with van der Waals surface area (Å²) in [7, 11) is -3.09. The van der Waals surface area contributed by atoms with Crippen LogP contribution < -0.4 is 10.5 Å². The molecule has 17 heavy (non-hydrogen) atoms. The number of likely N-dealkylation sites (tertiary alicyclic amines) is 1. The third kappa shape index (κ3) is 5.76. The summed E-state index contributed by atoms with van der Waals surface area (Å²) < 4.78 is 25.9. The Hall–Kier alpha value is -0.240. The Balaban J connectivity index is 2.35. The molecule has 1 fully saturated rings. The number of thiocarbonyl (C=S) groups is 1. The van der Waals surface area contributed by atoms with Crippen LogP contribution in [0.5, 0.6) is 0 Å². The van der Waals surface area contributed by atoms with E-state index in [0.717, 1.165) is 25.9 Å². The van der Waals surface area contributed by atoms with Gasteiger partial charge in [-0.1, -0.05) is 19.1 Å². The molecule has 1 rings (SSSR count). The highest BCUT2D eigenvalue weighted by molar-refractivity contribution is 7.89. The Morgan fingerprint density at radius 3 is 2.53 bits per heavy atom. The summed E-state index contributed by atoms with van der Waals surface area (Å²) in [5.41, 5.74) is 5.48. The SMILES string of the molecule is CCCS(=O)(=O)NC1CCN(CC(N)=S)CC1. The molecule has 5 nitrogen and oxygen atoms in total. The molecule has 7 heteroatoms. The summed E-state index contributed by atoms with van der Waals surface area (Å²) in [6.45, 7) is 4.18. The topological polar surface area (TPSA) is 75.4 Å². The van der Waals surface area contributed by atoms with E-state index < -0.39 is 10.0 Å². The number of nitrogens with zero attached hydrogens (tertiary/aromatic N) is 1. The zero-order valence-corrected chi connectivity index (χ0v) is 11.8. The largest absolute Gasteiger partial charge is 0.392 e. The van der Waals surface area contributed by atoms with Crippen LogP contribution >= 0.6 is 12.2 Å². The number of nitrogens with two attached hydrogens (primary N) is 1. The van der Waals surface area contributed by atoms with E-state index in [2.05, 4.69) is 9.62 Å². The van der Waals surface area contributed by atoms with Crippen LogP contribution in [0.25, 0.3) is 0 Å². The summed E-state index contributed by atoms with van der Waals surface area (Å²) in [6.07, 6.45) is 2.30. The van der Waals surface area contributed by atoms with Crippen molar-refractivity contribution in [3.63, 3.8) is 0 Å². The molecule has 0 aromatic carbocycles. The number of rotatable bonds is 6. The van der Waals surface area contributed by atoms with Crippen molar-refractivity contribution in [1.29, 1.82) is 0 Å². The van der Waals surface area contributed by atoms with E-state index in [4.69, 9.17) is 18.0 Å². The first-order chi connectivity index (χ1) is 7.93. The van der Waals surface area contributed by atoms with Gasteiger partial charge in [-0.2, -0.15) is 0 Å². The van der Waals surface area contributed by atoms with E-state index in [1.54, 1.807) is 0 Å². The average Bonchev–Trinajstić information content (AvgIpc) is 2.19.